The van der Waals surface area contributed by atoms with Crippen molar-refractivity contribution >= 4 is 31.7 Å². The molecule has 8 heteroatoms. The highest BCUT2D eigenvalue weighted by Gasteiger charge is 2.45. The summed E-state index contributed by atoms with van der Waals surface area (Å²) in [7, 11) is 1.10. The van der Waals surface area contributed by atoms with Gasteiger partial charge in [-0.1, -0.05) is 38.2 Å². The summed E-state index contributed by atoms with van der Waals surface area (Å²) in [6.45, 7) is 1.40. The quantitative estimate of drug-likeness (QED) is 0.712. The highest BCUT2D eigenvalue weighted by Crippen LogP contribution is 2.46. The lowest BCUT2D eigenvalue weighted by molar-refractivity contribution is -0.147. The Morgan fingerprint density at radius 3 is 2.29 bits per heavy atom. The molecule has 1 atom stereocenters. The Balaban J connectivity index is 2.48. The Morgan fingerprint density at radius 2 is 1.83 bits per heavy atom. The molecule has 0 amide bonds. The Kier molecular flexibility index (Phi) is 5.44. The highest BCUT2D eigenvalue weighted by atomic mass is 35.7. The molecule has 24 heavy (non-hydrogen) atoms. The third-order valence-corrected chi connectivity index (χ3v) is 6.44. The average molecular weight is 377 g/mol. The van der Waals surface area contributed by atoms with Gasteiger partial charge in [0.2, 0.25) is 0 Å². The van der Waals surface area contributed by atoms with Gasteiger partial charge in [-0.2, -0.15) is 0 Å². The Labute approximate surface area is 145 Å². The molecule has 6 nitrogen and oxygen atoms in total. The Bertz CT molecular complexity index is 715. The van der Waals surface area contributed by atoms with E-state index in [0.717, 1.165) is 32.1 Å². The minimum absolute atomic E-state index is 0.0897. The van der Waals surface area contributed by atoms with Crippen LogP contribution >= 0.6 is 10.7 Å². The van der Waals surface area contributed by atoms with E-state index in [1.54, 1.807) is 0 Å². The topological polar surface area (TPSA) is 109 Å². The van der Waals surface area contributed by atoms with Crippen molar-refractivity contribution < 1.29 is 28.2 Å². The summed E-state index contributed by atoms with van der Waals surface area (Å²) >= 11 is 0. The number of allylic oxidation sites excluding steroid dienone is 1. The summed E-state index contributed by atoms with van der Waals surface area (Å²) in [6.07, 6.45) is 6.34. The average Bonchev–Trinajstić information content (AvgIpc) is 2.45. The second kappa shape index (κ2) is 6.88. The molecule has 0 radical (unpaired) electrons. The van der Waals surface area contributed by atoms with Crippen LogP contribution in [0.25, 0.3) is 0 Å². The first-order valence-corrected chi connectivity index (χ1v) is 10.2. The smallest absolute Gasteiger partial charge is 0.332 e. The number of halogens is 1. The van der Waals surface area contributed by atoms with Gasteiger partial charge in [0.1, 0.15) is 0 Å². The van der Waals surface area contributed by atoms with E-state index < -0.39 is 36.9 Å². The fourth-order valence-corrected chi connectivity index (χ4v) is 5.48. The van der Waals surface area contributed by atoms with Gasteiger partial charge in [-0.3, -0.25) is 4.79 Å². The van der Waals surface area contributed by atoms with E-state index in [9.17, 15) is 28.2 Å². The number of hydrogen-bond acceptors (Lipinski definition) is 4. The maximum atomic E-state index is 12.0. The fourth-order valence-electron chi connectivity index (χ4n) is 3.94. The molecule has 2 aliphatic rings. The summed E-state index contributed by atoms with van der Waals surface area (Å²) < 4.78 is 23.5. The van der Waals surface area contributed by atoms with Gasteiger partial charge in [-0.15, -0.1) is 0 Å². The van der Waals surface area contributed by atoms with Gasteiger partial charge in [0.15, 0.2) is 0 Å². The Hall–Kier alpha value is -1.34. The number of rotatable bonds is 5. The first-order valence-electron chi connectivity index (χ1n) is 7.91. The van der Waals surface area contributed by atoms with E-state index >= 15 is 0 Å². The van der Waals surface area contributed by atoms with Crippen LogP contribution in [0.4, 0.5) is 0 Å². The van der Waals surface area contributed by atoms with Crippen LogP contribution in [0.2, 0.25) is 0 Å². The van der Waals surface area contributed by atoms with Crippen LogP contribution in [0.1, 0.15) is 51.9 Å². The van der Waals surface area contributed by atoms with Gasteiger partial charge >= 0.3 is 11.9 Å². The van der Waals surface area contributed by atoms with Gasteiger partial charge in [-0.05, 0) is 24.8 Å². The predicted octanol–water partition coefficient (Wildman–Crippen LogP) is 3.29. The summed E-state index contributed by atoms with van der Waals surface area (Å²) in [4.78, 5) is 23.1. The molecule has 0 aromatic carbocycles. The van der Waals surface area contributed by atoms with Crippen molar-refractivity contribution in [1.82, 2.24) is 0 Å². The van der Waals surface area contributed by atoms with Gasteiger partial charge in [0, 0.05) is 17.1 Å². The molecule has 0 spiro atoms. The molecular weight excluding hydrogens is 356 g/mol. The second-order valence-electron chi connectivity index (χ2n) is 6.72. The van der Waals surface area contributed by atoms with Crippen LogP contribution in [0.3, 0.4) is 0 Å². The molecule has 134 valence electrons. The molecule has 2 rings (SSSR count). The SMILES string of the molecule is CC1=CC(CC2CCCCC2)(C(=O)O)CC(C(=O)O)=C1S(=O)(=O)Cl. The van der Waals surface area contributed by atoms with Crippen molar-refractivity contribution in [2.45, 2.75) is 51.9 Å². The summed E-state index contributed by atoms with van der Waals surface area (Å²) in [6, 6.07) is 0. The fraction of sp³-hybridized carbons (Fsp3) is 0.625. The van der Waals surface area contributed by atoms with Crippen LogP contribution in [0.15, 0.2) is 22.1 Å². The molecule has 0 aromatic heterocycles. The minimum Gasteiger partial charge on any atom is -0.481 e. The van der Waals surface area contributed by atoms with Crippen molar-refractivity contribution in [2.75, 3.05) is 0 Å². The zero-order chi connectivity index (χ0) is 18.1. The number of carbonyl (C=O) groups is 2. The molecule has 0 saturated heterocycles. The van der Waals surface area contributed by atoms with E-state index in [-0.39, 0.29) is 17.9 Å². The molecule has 2 aliphatic carbocycles. The molecule has 0 bridgehead atoms. The lowest BCUT2D eigenvalue weighted by atomic mass is 9.68. The predicted molar refractivity (Wildman–Crippen MR) is 89.1 cm³/mol. The molecule has 2 N–H and O–H groups in total. The zero-order valence-electron chi connectivity index (χ0n) is 13.4. The first kappa shape index (κ1) is 19.0. The van der Waals surface area contributed by atoms with Crippen molar-refractivity contribution in [3.63, 3.8) is 0 Å². The van der Waals surface area contributed by atoms with Crippen molar-refractivity contribution in [2.24, 2.45) is 11.3 Å². The molecule has 0 heterocycles. The number of aliphatic carboxylic acids is 2. The third-order valence-electron chi connectivity index (χ3n) is 4.92. The summed E-state index contributed by atoms with van der Waals surface area (Å²) in [5.74, 6) is -2.38. The summed E-state index contributed by atoms with van der Waals surface area (Å²) in [5, 5.41) is 19.2. The molecular formula is C16H21ClO6S. The van der Waals surface area contributed by atoms with E-state index in [1.165, 1.54) is 13.0 Å². The Morgan fingerprint density at radius 1 is 1.25 bits per heavy atom. The molecule has 0 aliphatic heterocycles. The van der Waals surface area contributed by atoms with Gasteiger partial charge in [0.05, 0.1) is 15.9 Å². The monoisotopic (exact) mass is 376 g/mol. The zero-order valence-corrected chi connectivity index (χ0v) is 15.0. The molecule has 1 fully saturated rings. The largest absolute Gasteiger partial charge is 0.481 e. The van der Waals surface area contributed by atoms with E-state index in [4.69, 9.17) is 10.7 Å². The normalized spacial score (nSPS) is 26.2. The van der Waals surface area contributed by atoms with Gasteiger partial charge in [-0.25, -0.2) is 13.2 Å². The highest BCUT2D eigenvalue weighted by molar-refractivity contribution is 8.17. The summed E-state index contributed by atoms with van der Waals surface area (Å²) in [5.41, 5.74) is -1.75. The van der Waals surface area contributed by atoms with Gasteiger partial charge < -0.3 is 10.2 Å². The standard InChI is InChI=1S/C16H21ClO6S/c1-10-7-16(15(20)21,8-11-5-3-2-4-6-11)9-12(14(18)19)13(10)24(17,22)23/h7,11H,2-6,8-9H2,1H3,(H,18,19)(H,20,21). The number of hydrogen-bond donors (Lipinski definition) is 2. The molecule has 1 saturated carbocycles. The van der Waals surface area contributed by atoms with Crippen LogP contribution in [-0.4, -0.2) is 30.6 Å². The van der Waals surface area contributed by atoms with E-state index in [2.05, 4.69) is 0 Å². The molecule has 1 unspecified atom stereocenters. The van der Waals surface area contributed by atoms with Crippen LogP contribution in [0, 0.1) is 11.3 Å². The lowest BCUT2D eigenvalue weighted by Crippen LogP contribution is -2.36. The lowest BCUT2D eigenvalue weighted by Gasteiger charge is -2.35. The van der Waals surface area contributed by atoms with Crippen molar-refractivity contribution in [3.05, 3.63) is 22.1 Å². The maximum absolute atomic E-state index is 12.0. The van der Waals surface area contributed by atoms with Crippen LogP contribution in [0.5, 0.6) is 0 Å². The minimum atomic E-state index is -4.27. The van der Waals surface area contributed by atoms with E-state index in [0.29, 0.717) is 6.42 Å². The van der Waals surface area contributed by atoms with Crippen LogP contribution < -0.4 is 0 Å². The van der Waals surface area contributed by atoms with Crippen molar-refractivity contribution in [3.8, 4) is 0 Å². The van der Waals surface area contributed by atoms with E-state index in [1.807, 2.05) is 0 Å². The second-order valence-corrected chi connectivity index (χ2v) is 9.23. The number of carboxylic acid groups (broad SMARTS) is 2. The maximum Gasteiger partial charge on any atom is 0.332 e. The molecule has 0 aromatic rings. The van der Waals surface area contributed by atoms with Gasteiger partial charge in [0.25, 0.3) is 9.05 Å². The first-order chi connectivity index (χ1) is 11.1. The van der Waals surface area contributed by atoms with Crippen molar-refractivity contribution in [1.29, 1.82) is 0 Å². The van der Waals surface area contributed by atoms with Crippen LogP contribution in [-0.2, 0) is 18.6 Å². The third kappa shape index (κ3) is 3.83. The number of carboxylic acids is 2.